The second-order valence-electron chi connectivity index (χ2n) is 10.3. The van der Waals surface area contributed by atoms with Crippen molar-refractivity contribution in [3.8, 4) is 0 Å². The zero-order chi connectivity index (χ0) is 27.9. The van der Waals surface area contributed by atoms with E-state index in [1.54, 1.807) is 0 Å². The lowest BCUT2D eigenvalue weighted by molar-refractivity contribution is -0.147. The van der Waals surface area contributed by atoms with Crippen molar-refractivity contribution in [3.63, 3.8) is 0 Å². The summed E-state index contributed by atoms with van der Waals surface area (Å²) in [7, 11) is 0. The molecule has 4 heteroatoms. The third-order valence-electron chi connectivity index (χ3n) is 6.49. The molecule has 1 atom stereocenters. The molecule has 0 heterocycles. The summed E-state index contributed by atoms with van der Waals surface area (Å²) >= 11 is 0. The van der Waals surface area contributed by atoms with Gasteiger partial charge in [-0.3, -0.25) is 9.59 Å². The van der Waals surface area contributed by atoms with E-state index in [1.165, 1.54) is 44.9 Å². The van der Waals surface area contributed by atoms with Crippen LogP contribution in [0, 0.1) is 0 Å². The number of carboxylic acids is 1. The molecule has 0 amide bonds. The first-order valence-electron chi connectivity index (χ1n) is 15.6. The maximum atomic E-state index is 12.4. The lowest BCUT2D eigenvalue weighted by atomic mass is 10.1. The summed E-state index contributed by atoms with van der Waals surface area (Å²) in [5, 5.41) is 8.76. The Hall–Kier alpha value is -2.10. The Morgan fingerprint density at radius 3 is 1.82 bits per heavy atom. The van der Waals surface area contributed by atoms with E-state index >= 15 is 0 Å². The van der Waals surface area contributed by atoms with Crippen LogP contribution in [0.15, 0.2) is 48.6 Å². The van der Waals surface area contributed by atoms with Gasteiger partial charge >= 0.3 is 11.9 Å². The summed E-state index contributed by atoms with van der Waals surface area (Å²) < 4.78 is 5.78. The predicted octanol–water partition coefficient (Wildman–Crippen LogP) is 10.4. The van der Waals surface area contributed by atoms with Crippen molar-refractivity contribution in [1.82, 2.24) is 0 Å². The molecule has 0 radical (unpaired) electrons. The number of hydrogen-bond donors (Lipinski definition) is 1. The van der Waals surface area contributed by atoms with Crippen LogP contribution in [0.5, 0.6) is 0 Å². The van der Waals surface area contributed by atoms with E-state index in [2.05, 4.69) is 56.4 Å². The van der Waals surface area contributed by atoms with Crippen molar-refractivity contribution >= 4 is 11.9 Å². The van der Waals surface area contributed by atoms with Crippen molar-refractivity contribution in [3.05, 3.63) is 48.6 Å². The maximum absolute atomic E-state index is 12.4. The third-order valence-corrected chi connectivity index (χ3v) is 6.49. The highest BCUT2D eigenvalue weighted by Gasteiger charge is 2.11. The van der Waals surface area contributed by atoms with Crippen LogP contribution in [0.4, 0.5) is 0 Å². The highest BCUT2D eigenvalue weighted by Crippen LogP contribution is 2.14. The summed E-state index contributed by atoms with van der Waals surface area (Å²) in [6.45, 7) is 4.41. The van der Waals surface area contributed by atoms with Gasteiger partial charge in [0.25, 0.3) is 0 Å². The van der Waals surface area contributed by atoms with Crippen LogP contribution in [-0.2, 0) is 14.3 Å². The molecular weight excluding hydrogens is 472 g/mol. The van der Waals surface area contributed by atoms with Crippen molar-refractivity contribution in [2.45, 2.75) is 155 Å². The van der Waals surface area contributed by atoms with E-state index in [-0.39, 0.29) is 18.5 Å². The molecule has 0 aliphatic carbocycles. The van der Waals surface area contributed by atoms with Gasteiger partial charge < -0.3 is 9.84 Å². The molecular formula is C34H58O4. The average molecular weight is 531 g/mol. The number of carbonyl (C=O) groups excluding carboxylic acids is 1. The molecule has 0 saturated carbocycles. The second kappa shape index (κ2) is 29.5. The van der Waals surface area contributed by atoms with Crippen molar-refractivity contribution in [1.29, 1.82) is 0 Å². The third kappa shape index (κ3) is 28.5. The molecule has 0 spiro atoms. The van der Waals surface area contributed by atoms with Gasteiger partial charge in [0, 0.05) is 12.8 Å². The topological polar surface area (TPSA) is 63.6 Å². The molecule has 1 unspecified atom stereocenters. The number of esters is 1. The molecule has 218 valence electrons. The van der Waals surface area contributed by atoms with Gasteiger partial charge in [0.15, 0.2) is 0 Å². The summed E-state index contributed by atoms with van der Waals surface area (Å²) in [6, 6.07) is 0. The zero-order valence-corrected chi connectivity index (χ0v) is 24.7. The Kier molecular flexibility index (Phi) is 27.8. The summed E-state index contributed by atoms with van der Waals surface area (Å²) in [4.78, 5) is 23.1. The van der Waals surface area contributed by atoms with Gasteiger partial charge in [-0.25, -0.2) is 0 Å². The van der Waals surface area contributed by atoms with Gasteiger partial charge in [0.05, 0.1) is 0 Å². The summed E-state index contributed by atoms with van der Waals surface area (Å²) in [5.41, 5.74) is 0. The number of rotatable bonds is 27. The second-order valence-corrected chi connectivity index (χ2v) is 10.3. The maximum Gasteiger partial charge on any atom is 0.306 e. The van der Waals surface area contributed by atoms with E-state index in [1.807, 2.05) is 6.08 Å². The largest absolute Gasteiger partial charge is 0.481 e. The van der Waals surface area contributed by atoms with Gasteiger partial charge in [-0.2, -0.15) is 0 Å². The SMILES string of the molecule is CCC/C=C\C/C=C\C(CCCCCCC(=O)O)OC(=O)CCCCCCC/C=C\C/C=C\CCCCC. The lowest BCUT2D eigenvalue weighted by Gasteiger charge is -2.14. The lowest BCUT2D eigenvalue weighted by Crippen LogP contribution is -2.16. The highest BCUT2D eigenvalue weighted by molar-refractivity contribution is 5.69. The molecule has 0 aliphatic rings. The molecule has 0 aromatic heterocycles. The fourth-order valence-corrected chi connectivity index (χ4v) is 4.17. The van der Waals surface area contributed by atoms with Crippen LogP contribution >= 0.6 is 0 Å². The fourth-order valence-electron chi connectivity index (χ4n) is 4.17. The van der Waals surface area contributed by atoms with Gasteiger partial charge in [0.2, 0.25) is 0 Å². The van der Waals surface area contributed by atoms with E-state index in [9.17, 15) is 9.59 Å². The number of aliphatic carboxylic acids is 1. The Labute approximate surface area is 234 Å². The van der Waals surface area contributed by atoms with Crippen molar-refractivity contribution in [2.24, 2.45) is 0 Å². The molecule has 0 aromatic rings. The van der Waals surface area contributed by atoms with Gasteiger partial charge in [-0.15, -0.1) is 0 Å². The van der Waals surface area contributed by atoms with Gasteiger partial charge in [-0.1, -0.05) is 108 Å². The molecule has 4 nitrogen and oxygen atoms in total. The molecule has 0 bridgehead atoms. The minimum atomic E-state index is -0.732. The van der Waals surface area contributed by atoms with Crippen LogP contribution in [0.1, 0.15) is 149 Å². The Balaban J connectivity index is 4.04. The standard InChI is InChI=1S/C34H58O4/c1-3-5-7-9-11-12-13-14-15-16-17-18-19-21-27-31-34(37)38-32(28-24-20-10-8-6-4-2)29-25-22-23-26-30-33(35)36/h8,10-12,14-15,24,28,32H,3-7,9,13,16-23,25-27,29-31H2,1-2H3,(H,35,36)/b10-8-,12-11-,15-14-,28-24-. The van der Waals surface area contributed by atoms with E-state index in [4.69, 9.17) is 9.84 Å². The zero-order valence-electron chi connectivity index (χ0n) is 24.7. The van der Waals surface area contributed by atoms with E-state index in [0.717, 1.165) is 70.6 Å². The van der Waals surface area contributed by atoms with Crippen LogP contribution in [0.2, 0.25) is 0 Å². The first-order chi connectivity index (χ1) is 18.6. The first kappa shape index (κ1) is 35.9. The minimum absolute atomic E-state index is 0.0993. The smallest absolute Gasteiger partial charge is 0.306 e. The van der Waals surface area contributed by atoms with Crippen LogP contribution < -0.4 is 0 Å². The van der Waals surface area contributed by atoms with Crippen LogP contribution in [0.25, 0.3) is 0 Å². The molecule has 0 rings (SSSR count). The van der Waals surface area contributed by atoms with Crippen molar-refractivity contribution < 1.29 is 19.4 Å². The Morgan fingerprint density at radius 1 is 0.605 bits per heavy atom. The van der Waals surface area contributed by atoms with E-state index < -0.39 is 5.97 Å². The Morgan fingerprint density at radius 2 is 1.16 bits per heavy atom. The molecule has 0 aliphatic heterocycles. The fraction of sp³-hybridized carbons (Fsp3) is 0.706. The van der Waals surface area contributed by atoms with E-state index in [0.29, 0.717) is 12.8 Å². The highest BCUT2D eigenvalue weighted by atomic mass is 16.5. The molecule has 1 N–H and O–H groups in total. The number of allylic oxidation sites excluding steroid dienone is 7. The van der Waals surface area contributed by atoms with Crippen LogP contribution in [0.3, 0.4) is 0 Å². The minimum Gasteiger partial charge on any atom is -0.481 e. The predicted molar refractivity (Wildman–Crippen MR) is 162 cm³/mol. The van der Waals surface area contributed by atoms with Gasteiger partial charge in [0.1, 0.15) is 6.10 Å². The molecule has 38 heavy (non-hydrogen) atoms. The quantitative estimate of drug-likeness (QED) is 0.0651. The first-order valence-corrected chi connectivity index (χ1v) is 15.6. The number of ether oxygens (including phenoxy) is 1. The normalized spacial score (nSPS) is 12.9. The van der Waals surface area contributed by atoms with Crippen molar-refractivity contribution in [2.75, 3.05) is 0 Å². The Bertz CT molecular complexity index is 659. The average Bonchev–Trinajstić information content (AvgIpc) is 2.89. The summed E-state index contributed by atoms with van der Waals surface area (Å²) in [6.07, 6.45) is 38.5. The summed E-state index contributed by atoms with van der Waals surface area (Å²) in [5.74, 6) is -0.832. The number of unbranched alkanes of at least 4 members (excludes halogenated alkanes) is 12. The number of carboxylic acid groups (broad SMARTS) is 1. The molecule has 0 saturated heterocycles. The number of carbonyl (C=O) groups is 2. The molecule has 0 aromatic carbocycles. The monoisotopic (exact) mass is 530 g/mol. The van der Waals surface area contributed by atoms with Gasteiger partial charge in [-0.05, 0) is 76.7 Å². The molecule has 0 fully saturated rings. The number of hydrogen-bond acceptors (Lipinski definition) is 3. The van der Waals surface area contributed by atoms with Crippen LogP contribution in [-0.4, -0.2) is 23.1 Å².